The van der Waals surface area contributed by atoms with Crippen LogP contribution in [0, 0.1) is 0 Å². The molecule has 1 aromatic heterocycles. The quantitative estimate of drug-likeness (QED) is 0.898. The molecule has 6 heteroatoms. The lowest BCUT2D eigenvalue weighted by Crippen LogP contribution is -2.15. The molecule has 0 amide bonds. The van der Waals surface area contributed by atoms with Crippen LogP contribution in [0.1, 0.15) is 27.5 Å². The molecule has 3 rings (SSSR count). The molecule has 0 aliphatic carbocycles. The Bertz CT molecular complexity index is 656. The minimum atomic E-state index is -0.903. The first-order chi connectivity index (χ1) is 10.1. The summed E-state index contributed by atoms with van der Waals surface area (Å²) in [4.78, 5) is 15.8. The smallest absolute Gasteiger partial charge is 0.335 e. The van der Waals surface area contributed by atoms with Crippen LogP contribution in [-0.4, -0.2) is 32.8 Å². The van der Waals surface area contributed by atoms with E-state index in [0.717, 1.165) is 16.3 Å². The van der Waals surface area contributed by atoms with Crippen LogP contribution in [0.5, 0.6) is 0 Å². The van der Waals surface area contributed by atoms with Crippen molar-refractivity contribution < 1.29 is 9.90 Å². The van der Waals surface area contributed by atoms with Crippen molar-refractivity contribution in [1.29, 1.82) is 0 Å². The maximum atomic E-state index is 11.1. The van der Waals surface area contributed by atoms with Gasteiger partial charge >= 0.3 is 5.97 Å². The van der Waals surface area contributed by atoms with Gasteiger partial charge in [0.1, 0.15) is 5.01 Å². The lowest BCUT2D eigenvalue weighted by Gasteiger charge is -2.25. The molecule has 1 aliphatic rings. The number of thiazole rings is 1. The highest BCUT2D eigenvalue weighted by atomic mass is 32.2. The lowest BCUT2D eigenvalue weighted by atomic mass is 10.1. The molecule has 21 heavy (non-hydrogen) atoms. The molecule has 110 valence electrons. The van der Waals surface area contributed by atoms with Crippen molar-refractivity contribution in [3.8, 4) is 11.3 Å². The number of carboxylic acids is 1. The predicted octanol–water partition coefficient (Wildman–Crippen LogP) is 4.42. The monoisotopic (exact) mass is 337 g/mol. The van der Waals surface area contributed by atoms with E-state index in [9.17, 15) is 4.79 Å². The van der Waals surface area contributed by atoms with Crippen molar-refractivity contribution in [2.24, 2.45) is 0 Å². The van der Waals surface area contributed by atoms with E-state index in [1.807, 2.05) is 35.0 Å². The number of carboxylic acid groups (broad SMARTS) is 1. The second-order valence-corrected chi connectivity index (χ2v) is 8.45. The van der Waals surface area contributed by atoms with Gasteiger partial charge in [-0.3, -0.25) is 0 Å². The van der Waals surface area contributed by atoms with Crippen molar-refractivity contribution in [1.82, 2.24) is 4.98 Å². The Morgan fingerprint density at radius 1 is 1.33 bits per heavy atom. The second kappa shape index (κ2) is 6.42. The van der Waals surface area contributed by atoms with Gasteiger partial charge in [-0.15, -0.1) is 23.1 Å². The summed E-state index contributed by atoms with van der Waals surface area (Å²) in [6.07, 6.45) is 0. The van der Waals surface area contributed by atoms with Crippen LogP contribution in [-0.2, 0) is 0 Å². The molecule has 3 nitrogen and oxygen atoms in total. The number of carbonyl (C=O) groups is 1. The van der Waals surface area contributed by atoms with Crippen molar-refractivity contribution in [3.05, 3.63) is 40.2 Å². The zero-order valence-corrected chi connectivity index (χ0v) is 13.9. The Hall–Kier alpha value is -0.980. The summed E-state index contributed by atoms with van der Waals surface area (Å²) in [6, 6.07) is 6.98. The largest absolute Gasteiger partial charge is 0.478 e. The Balaban J connectivity index is 1.87. The molecule has 1 aromatic carbocycles. The summed E-state index contributed by atoms with van der Waals surface area (Å²) in [5.41, 5.74) is 2.05. The third-order valence-corrected chi connectivity index (χ3v) is 7.53. The number of rotatable bonds is 3. The van der Waals surface area contributed by atoms with Crippen LogP contribution < -0.4 is 0 Å². The van der Waals surface area contributed by atoms with Crippen molar-refractivity contribution in [2.45, 2.75) is 17.4 Å². The van der Waals surface area contributed by atoms with Crippen LogP contribution in [0.15, 0.2) is 29.6 Å². The maximum absolute atomic E-state index is 11.1. The SMILES string of the molecule is CC1SCCSC1c1nc(-c2cccc(C(=O)O)c2)cs1. The molecule has 1 saturated heterocycles. The van der Waals surface area contributed by atoms with Gasteiger partial charge in [-0.05, 0) is 12.1 Å². The Labute approximate surface area is 136 Å². The highest BCUT2D eigenvalue weighted by molar-refractivity contribution is 8.06. The Morgan fingerprint density at radius 2 is 2.14 bits per heavy atom. The molecule has 0 bridgehead atoms. The average Bonchev–Trinajstić information content (AvgIpc) is 2.97. The molecule has 1 fully saturated rings. The number of benzene rings is 1. The van der Waals surface area contributed by atoms with Gasteiger partial charge in [-0.2, -0.15) is 11.8 Å². The molecule has 2 unspecified atom stereocenters. The normalized spacial score (nSPS) is 22.1. The molecule has 0 spiro atoms. The van der Waals surface area contributed by atoms with E-state index < -0.39 is 5.97 Å². The number of hydrogen-bond donors (Lipinski definition) is 1. The van der Waals surface area contributed by atoms with Gasteiger partial charge in [-0.25, -0.2) is 9.78 Å². The van der Waals surface area contributed by atoms with Crippen molar-refractivity contribution in [3.63, 3.8) is 0 Å². The van der Waals surface area contributed by atoms with E-state index in [-0.39, 0.29) is 0 Å². The minimum absolute atomic E-state index is 0.304. The number of nitrogens with zero attached hydrogens (tertiary/aromatic N) is 1. The first-order valence-corrected chi connectivity index (χ1v) is 9.65. The van der Waals surface area contributed by atoms with Crippen molar-refractivity contribution >= 4 is 40.8 Å². The van der Waals surface area contributed by atoms with Crippen LogP contribution in [0.3, 0.4) is 0 Å². The van der Waals surface area contributed by atoms with Crippen LogP contribution >= 0.6 is 34.9 Å². The fourth-order valence-electron chi connectivity index (χ4n) is 2.27. The van der Waals surface area contributed by atoms with Gasteiger partial charge in [0.05, 0.1) is 16.5 Å². The van der Waals surface area contributed by atoms with Gasteiger partial charge in [0.15, 0.2) is 0 Å². The summed E-state index contributed by atoms with van der Waals surface area (Å²) < 4.78 is 0. The minimum Gasteiger partial charge on any atom is -0.478 e. The summed E-state index contributed by atoms with van der Waals surface area (Å²) in [5, 5.41) is 13.3. The van der Waals surface area contributed by atoms with Crippen molar-refractivity contribution in [2.75, 3.05) is 11.5 Å². The van der Waals surface area contributed by atoms with E-state index in [1.54, 1.807) is 29.5 Å². The molecule has 2 heterocycles. The van der Waals surface area contributed by atoms with E-state index in [0.29, 0.717) is 16.1 Å². The third kappa shape index (κ3) is 3.27. The number of aromatic nitrogens is 1. The van der Waals surface area contributed by atoms with Crippen LogP contribution in [0.2, 0.25) is 0 Å². The Morgan fingerprint density at radius 3 is 2.90 bits per heavy atom. The molecule has 0 saturated carbocycles. The van der Waals surface area contributed by atoms with E-state index in [2.05, 4.69) is 6.92 Å². The molecule has 1 N–H and O–H groups in total. The molecule has 2 aromatic rings. The fourth-order valence-corrected chi connectivity index (χ4v) is 6.27. The summed E-state index contributed by atoms with van der Waals surface area (Å²) in [7, 11) is 0. The highest BCUT2D eigenvalue weighted by Gasteiger charge is 2.26. The molecular formula is C15H15NO2S3. The molecule has 0 radical (unpaired) electrons. The molecule has 2 atom stereocenters. The lowest BCUT2D eigenvalue weighted by molar-refractivity contribution is 0.0697. The zero-order valence-electron chi connectivity index (χ0n) is 11.5. The van der Waals surface area contributed by atoms with Gasteiger partial charge in [-0.1, -0.05) is 19.1 Å². The summed E-state index contributed by atoms with van der Waals surface area (Å²) in [6.45, 7) is 2.26. The van der Waals surface area contributed by atoms with Crippen LogP contribution in [0.4, 0.5) is 0 Å². The number of thioether (sulfide) groups is 2. The van der Waals surface area contributed by atoms with Gasteiger partial charge in [0.25, 0.3) is 0 Å². The second-order valence-electron chi connectivity index (χ2n) is 4.82. The standard InChI is InChI=1S/C15H15NO2S3/c1-9-13(20-6-5-19-9)14-16-12(8-21-14)10-3-2-4-11(7-10)15(17)18/h2-4,7-9,13H,5-6H2,1H3,(H,17,18). The summed E-state index contributed by atoms with van der Waals surface area (Å²) in [5.74, 6) is 1.48. The Kier molecular flexibility index (Phi) is 4.57. The molecule has 1 aliphatic heterocycles. The third-order valence-electron chi connectivity index (χ3n) is 3.36. The first-order valence-electron chi connectivity index (χ1n) is 6.67. The molecular weight excluding hydrogens is 322 g/mol. The fraction of sp³-hybridized carbons (Fsp3) is 0.333. The highest BCUT2D eigenvalue weighted by Crippen LogP contribution is 2.44. The zero-order chi connectivity index (χ0) is 14.8. The van der Waals surface area contributed by atoms with E-state index >= 15 is 0 Å². The average molecular weight is 337 g/mol. The number of hydrogen-bond acceptors (Lipinski definition) is 5. The van der Waals surface area contributed by atoms with E-state index in [1.165, 1.54) is 11.5 Å². The predicted molar refractivity (Wildman–Crippen MR) is 91.6 cm³/mol. The topological polar surface area (TPSA) is 50.2 Å². The first kappa shape index (κ1) is 14.9. The van der Waals surface area contributed by atoms with Gasteiger partial charge in [0.2, 0.25) is 0 Å². The maximum Gasteiger partial charge on any atom is 0.335 e. The van der Waals surface area contributed by atoms with Gasteiger partial charge in [0, 0.05) is 27.7 Å². The van der Waals surface area contributed by atoms with Gasteiger partial charge < -0.3 is 5.11 Å². The number of aromatic carboxylic acids is 1. The van der Waals surface area contributed by atoms with E-state index in [4.69, 9.17) is 10.1 Å². The van der Waals surface area contributed by atoms with Crippen LogP contribution in [0.25, 0.3) is 11.3 Å². The summed E-state index contributed by atoms with van der Waals surface area (Å²) >= 11 is 5.65.